The monoisotopic (exact) mass is 374 g/mol. The van der Waals surface area contributed by atoms with E-state index < -0.39 is 11.9 Å². The topological polar surface area (TPSA) is 45.2 Å². The Kier molecular flexibility index (Phi) is 6.53. The Morgan fingerprint density at radius 3 is 2.78 bits per heavy atom. The van der Waals surface area contributed by atoms with Gasteiger partial charge in [-0.2, -0.15) is 0 Å². The number of fused-ring (bicyclic) bond motifs is 1. The van der Waals surface area contributed by atoms with Crippen molar-refractivity contribution in [1.82, 2.24) is 4.90 Å². The highest BCUT2D eigenvalue weighted by Gasteiger charge is 2.26. The lowest BCUT2D eigenvalue weighted by atomic mass is 10.1. The van der Waals surface area contributed by atoms with Crippen LogP contribution < -0.4 is 14.4 Å². The molecular weight excluding hydrogens is 347 g/mol. The molecule has 0 saturated heterocycles. The first-order chi connectivity index (χ1) is 13.1. The fraction of sp³-hybridized carbons (Fsp3) is 0.429. The van der Waals surface area contributed by atoms with Crippen molar-refractivity contribution in [2.45, 2.75) is 19.1 Å². The predicted molar refractivity (Wildman–Crippen MR) is 104 cm³/mol. The van der Waals surface area contributed by atoms with E-state index in [0.717, 1.165) is 24.5 Å². The summed E-state index contributed by atoms with van der Waals surface area (Å²) in [5.74, 6) is 0.629. The van der Waals surface area contributed by atoms with Crippen molar-refractivity contribution in [2.24, 2.45) is 0 Å². The molecule has 2 atom stereocenters. The molecule has 2 aromatic carbocycles. The molecule has 0 aliphatic carbocycles. The molecule has 0 aromatic heterocycles. The highest BCUT2D eigenvalue weighted by atomic mass is 19.1. The predicted octanol–water partition coefficient (Wildman–Crippen LogP) is 2.78. The van der Waals surface area contributed by atoms with E-state index in [-0.39, 0.29) is 18.5 Å². The van der Waals surface area contributed by atoms with Gasteiger partial charge in [0.05, 0.1) is 12.2 Å². The van der Waals surface area contributed by atoms with Crippen molar-refractivity contribution in [3.8, 4) is 11.5 Å². The average molecular weight is 374 g/mol. The van der Waals surface area contributed by atoms with Gasteiger partial charge in [-0.1, -0.05) is 24.3 Å². The third-order valence-electron chi connectivity index (χ3n) is 4.61. The number of anilines is 1. The molecule has 0 bridgehead atoms. The van der Waals surface area contributed by atoms with E-state index in [1.54, 1.807) is 18.2 Å². The average Bonchev–Trinajstić information content (AvgIpc) is 2.66. The summed E-state index contributed by atoms with van der Waals surface area (Å²) in [4.78, 5) is 4.32. The highest BCUT2D eigenvalue weighted by molar-refractivity contribution is 5.60. The third-order valence-corrected chi connectivity index (χ3v) is 4.61. The first kappa shape index (κ1) is 19.5. The van der Waals surface area contributed by atoms with E-state index in [1.807, 2.05) is 30.1 Å². The van der Waals surface area contributed by atoms with Gasteiger partial charge < -0.3 is 19.5 Å². The van der Waals surface area contributed by atoms with Crippen LogP contribution in [0.4, 0.5) is 10.1 Å². The van der Waals surface area contributed by atoms with E-state index >= 15 is 0 Å². The second kappa shape index (κ2) is 9.06. The number of nitrogens with zero attached hydrogens (tertiary/aromatic N) is 2. The van der Waals surface area contributed by atoms with Crippen LogP contribution in [0.1, 0.15) is 6.92 Å². The molecule has 0 saturated carbocycles. The van der Waals surface area contributed by atoms with Gasteiger partial charge in [0.25, 0.3) is 0 Å². The molecule has 27 heavy (non-hydrogen) atoms. The molecule has 0 unspecified atom stereocenters. The minimum absolute atomic E-state index is 0.0181. The Bertz CT molecular complexity index is 743. The summed E-state index contributed by atoms with van der Waals surface area (Å²) in [6, 6.07) is 14.3. The molecule has 1 aliphatic rings. The Morgan fingerprint density at radius 2 is 2.00 bits per heavy atom. The van der Waals surface area contributed by atoms with Crippen LogP contribution in [0.3, 0.4) is 0 Å². The Morgan fingerprint density at radius 1 is 1.26 bits per heavy atom. The number of rotatable bonds is 8. The second-order valence-electron chi connectivity index (χ2n) is 6.86. The van der Waals surface area contributed by atoms with Crippen LogP contribution in [0.15, 0.2) is 48.5 Å². The first-order valence-electron chi connectivity index (χ1n) is 9.31. The number of aliphatic hydroxyl groups is 1. The molecule has 0 radical (unpaired) electrons. The zero-order valence-electron chi connectivity index (χ0n) is 15.8. The lowest BCUT2D eigenvalue weighted by molar-refractivity contribution is 0.0595. The normalized spacial score (nSPS) is 17.4. The van der Waals surface area contributed by atoms with Crippen molar-refractivity contribution >= 4 is 5.69 Å². The van der Waals surface area contributed by atoms with Gasteiger partial charge in [0, 0.05) is 19.6 Å². The molecule has 0 amide bonds. The molecule has 6 heteroatoms. The van der Waals surface area contributed by atoms with E-state index in [4.69, 9.17) is 9.47 Å². The summed E-state index contributed by atoms with van der Waals surface area (Å²) >= 11 is 0. The SMILES string of the molecule is CCN1C[C@H](CN(C)C[C@@H](O)COc2ccccc2F)Oc2ccccc21. The quantitative estimate of drug-likeness (QED) is 0.770. The lowest BCUT2D eigenvalue weighted by Crippen LogP contribution is -2.47. The van der Waals surface area contributed by atoms with Gasteiger partial charge in [-0.3, -0.25) is 4.90 Å². The van der Waals surface area contributed by atoms with Crippen LogP contribution in [-0.4, -0.2) is 62.0 Å². The fourth-order valence-corrected chi connectivity index (χ4v) is 3.36. The minimum Gasteiger partial charge on any atom is -0.488 e. The van der Waals surface area contributed by atoms with Crippen molar-refractivity contribution in [2.75, 3.05) is 44.7 Å². The summed E-state index contributed by atoms with van der Waals surface area (Å²) in [5.41, 5.74) is 1.12. The molecule has 1 heterocycles. The second-order valence-corrected chi connectivity index (χ2v) is 6.86. The fourth-order valence-electron chi connectivity index (χ4n) is 3.36. The zero-order valence-corrected chi connectivity index (χ0v) is 15.8. The maximum absolute atomic E-state index is 13.6. The number of likely N-dealkylation sites (N-methyl/N-ethyl adjacent to an activating group) is 2. The van der Waals surface area contributed by atoms with Gasteiger partial charge in [0.1, 0.15) is 24.6 Å². The molecular formula is C21H27FN2O3. The number of hydrogen-bond acceptors (Lipinski definition) is 5. The summed E-state index contributed by atoms with van der Waals surface area (Å²) < 4.78 is 25.1. The van der Waals surface area contributed by atoms with E-state index in [1.165, 1.54) is 6.07 Å². The summed E-state index contributed by atoms with van der Waals surface area (Å²) in [5, 5.41) is 10.2. The molecule has 1 aliphatic heterocycles. The van der Waals surface area contributed by atoms with Crippen LogP contribution in [0.2, 0.25) is 0 Å². The summed E-state index contributed by atoms with van der Waals surface area (Å²) in [7, 11) is 1.94. The lowest BCUT2D eigenvalue weighted by Gasteiger charge is -2.37. The number of halogens is 1. The van der Waals surface area contributed by atoms with Gasteiger partial charge in [0.2, 0.25) is 0 Å². The van der Waals surface area contributed by atoms with Gasteiger partial charge in [-0.15, -0.1) is 0 Å². The first-order valence-corrected chi connectivity index (χ1v) is 9.31. The van der Waals surface area contributed by atoms with Crippen LogP contribution in [0, 0.1) is 5.82 Å². The smallest absolute Gasteiger partial charge is 0.165 e. The number of aliphatic hydroxyl groups excluding tert-OH is 1. The number of ether oxygens (including phenoxy) is 2. The van der Waals surface area contributed by atoms with E-state index in [2.05, 4.69) is 17.9 Å². The number of benzene rings is 2. The van der Waals surface area contributed by atoms with Gasteiger partial charge in [-0.25, -0.2) is 4.39 Å². The van der Waals surface area contributed by atoms with Gasteiger partial charge in [0.15, 0.2) is 11.6 Å². The largest absolute Gasteiger partial charge is 0.488 e. The van der Waals surface area contributed by atoms with Crippen LogP contribution in [-0.2, 0) is 0 Å². The van der Waals surface area contributed by atoms with Crippen LogP contribution >= 0.6 is 0 Å². The van der Waals surface area contributed by atoms with Crippen molar-refractivity contribution in [3.63, 3.8) is 0 Å². The van der Waals surface area contributed by atoms with Crippen molar-refractivity contribution in [3.05, 3.63) is 54.3 Å². The van der Waals surface area contributed by atoms with Crippen LogP contribution in [0.5, 0.6) is 11.5 Å². The van der Waals surface area contributed by atoms with Gasteiger partial charge in [-0.05, 0) is 38.2 Å². The third kappa shape index (κ3) is 5.11. The molecule has 0 spiro atoms. The zero-order chi connectivity index (χ0) is 19.2. The minimum atomic E-state index is -0.715. The Balaban J connectivity index is 1.49. The molecule has 3 rings (SSSR count). The van der Waals surface area contributed by atoms with Gasteiger partial charge >= 0.3 is 0 Å². The summed E-state index contributed by atoms with van der Waals surface area (Å²) in [6.45, 7) is 5.00. The van der Waals surface area contributed by atoms with E-state index in [9.17, 15) is 9.50 Å². The Hall–Kier alpha value is -2.31. The molecule has 2 aromatic rings. The maximum atomic E-state index is 13.6. The molecule has 146 valence electrons. The van der Waals surface area contributed by atoms with Crippen molar-refractivity contribution < 1.29 is 19.0 Å². The molecule has 1 N–H and O–H groups in total. The number of hydrogen-bond donors (Lipinski definition) is 1. The molecule has 5 nitrogen and oxygen atoms in total. The highest BCUT2D eigenvalue weighted by Crippen LogP contribution is 2.32. The number of para-hydroxylation sites is 3. The molecule has 0 fully saturated rings. The Labute approximate surface area is 159 Å². The maximum Gasteiger partial charge on any atom is 0.165 e. The standard InChI is InChI=1S/C21H27FN2O3/c1-3-24-14-17(27-21-11-7-5-9-19(21)24)13-23(2)12-16(25)15-26-20-10-6-4-8-18(20)22/h4-11,16-17,25H,3,12-15H2,1-2H3/t16-,17+/m1/s1. The van der Waals surface area contributed by atoms with E-state index in [0.29, 0.717) is 13.1 Å². The van der Waals surface area contributed by atoms with Crippen LogP contribution in [0.25, 0.3) is 0 Å². The van der Waals surface area contributed by atoms with Crippen molar-refractivity contribution in [1.29, 1.82) is 0 Å². The summed E-state index contributed by atoms with van der Waals surface area (Å²) in [6.07, 6.45) is -0.697.